The van der Waals surface area contributed by atoms with E-state index >= 15 is 0 Å². The summed E-state index contributed by atoms with van der Waals surface area (Å²) in [5.74, 6) is 0.420. The SMILES string of the molecule is COc1cc(Br)ccc1C(=O)NC1CC1N. The van der Waals surface area contributed by atoms with Crippen LogP contribution >= 0.6 is 15.9 Å². The summed E-state index contributed by atoms with van der Waals surface area (Å²) < 4.78 is 6.03. The smallest absolute Gasteiger partial charge is 0.255 e. The third-order valence-electron chi connectivity index (χ3n) is 2.56. The average molecular weight is 285 g/mol. The van der Waals surface area contributed by atoms with E-state index in [-0.39, 0.29) is 18.0 Å². The molecule has 1 aliphatic rings. The highest BCUT2D eigenvalue weighted by Crippen LogP contribution is 2.25. The maximum Gasteiger partial charge on any atom is 0.255 e. The van der Waals surface area contributed by atoms with Crippen molar-refractivity contribution in [3.8, 4) is 5.75 Å². The van der Waals surface area contributed by atoms with E-state index in [1.54, 1.807) is 19.2 Å². The molecular weight excluding hydrogens is 272 g/mol. The minimum Gasteiger partial charge on any atom is -0.496 e. The van der Waals surface area contributed by atoms with Crippen molar-refractivity contribution in [1.29, 1.82) is 0 Å². The largest absolute Gasteiger partial charge is 0.496 e. The average Bonchev–Trinajstić information content (AvgIpc) is 2.93. The van der Waals surface area contributed by atoms with Crippen LogP contribution in [0.3, 0.4) is 0 Å². The molecule has 0 radical (unpaired) electrons. The molecule has 16 heavy (non-hydrogen) atoms. The molecule has 0 heterocycles. The van der Waals surface area contributed by atoms with Gasteiger partial charge in [0.2, 0.25) is 0 Å². The minimum atomic E-state index is -0.137. The Morgan fingerprint density at radius 1 is 1.62 bits per heavy atom. The van der Waals surface area contributed by atoms with E-state index in [0.717, 1.165) is 10.9 Å². The number of hydrogen-bond acceptors (Lipinski definition) is 3. The van der Waals surface area contributed by atoms with E-state index in [4.69, 9.17) is 10.5 Å². The first-order valence-corrected chi connectivity index (χ1v) is 5.81. The number of carbonyl (C=O) groups excluding carboxylic acids is 1. The van der Waals surface area contributed by atoms with Gasteiger partial charge in [-0.05, 0) is 24.6 Å². The van der Waals surface area contributed by atoms with Crippen LogP contribution in [0.2, 0.25) is 0 Å². The maximum atomic E-state index is 11.9. The maximum absolute atomic E-state index is 11.9. The van der Waals surface area contributed by atoms with Gasteiger partial charge < -0.3 is 15.8 Å². The molecule has 1 amide bonds. The van der Waals surface area contributed by atoms with Gasteiger partial charge in [-0.3, -0.25) is 4.79 Å². The lowest BCUT2D eigenvalue weighted by molar-refractivity contribution is 0.0947. The third kappa shape index (κ3) is 2.36. The lowest BCUT2D eigenvalue weighted by Gasteiger charge is -2.09. The van der Waals surface area contributed by atoms with Crippen molar-refractivity contribution in [2.75, 3.05) is 7.11 Å². The van der Waals surface area contributed by atoms with Crippen LogP contribution < -0.4 is 15.8 Å². The van der Waals surface area contributed by atoms with E-state index in [2.05, 4.69) is 21.2 Å². The van der Waals surface area contributed by atoms with Crippen LogP contribution in [0.15, 0.2) is 22.7 Å². The number of carbonyl (C=O) groups is 1. The van der Waals surface area contributed by atoms with Crippen molar-refractivity contribution in [2.24, 2.45) is 5.73 Å². The number of methoxy groups -OCH3 is 1. The molecule has 0 aliphatic heterocycles. The predicted molar refractivity (Wildman–Crippen MR) is 64.5 cm³/mol. The summed E-state index contributed by atoms with van der Waals surface area (Å²) >= 11 is 3.33. The monoisotopic (exact) mass is 284 g/mol. The summed E-state index contributed by atoms with van der Waals surface area (Å²) in [6.07, 6.45) is 0.852. The van der Waals surface area contributed by atoms with Gasteiger partial charge in [0, 0.05) is 16.6 Å². The first-order valence-electron chi connectivity index (χ1n) is 5.02. The van der Waals surface area contributed by atoms with Crippen LogP contribution in [-0.2, 0) is 0 Å². The Labute approximate surface area is 102 Å². The second kappa shape index (κ2) is 4.43. The van der Waals surface area contributed by atoms with Crippen LogP contribution in [0, 0.1) is 0 Å². The zero-order chi connectivity index (χ0) is 11.7. The molecule has 1 fully saturated rings. The van der Waals surface area contributed by atoms with E-state index in [1.165, 1.54) is 0 Å². The van der Waals surface area contributed by atoms with E-state index in [0.29, 0.717) is 11.3 Å². The lowest BCUT2D eigenvalue weighted by Crippen LogP contribution is -2.29. The Morgan fingerprint density at radius 3 is 2.88 bits per heavy atom. The van der Waals surface area contributed by atoms with Crippen molar-refractivity contribution in [2.45, 2.75) is 18.5 Å². The Morgan fingerprint density at radius 2 is 2.31 bits per heavy atom. The molecule has 1 aliphatic carbocycles. The first-order chi connectivity index (χ1) is 7.61. The van der Waals surface area contributed by atoms with Crippen molar-refractivity contribution in [1.82, 2.24) is 5.32 Å². The topological polar surface area (TPSA) is 64.3 Å². The molecule has 4 nitrogen and oxygen atoms in total. The van der Waals surface area contributed by atoms with Gasteiger partial charge in [0.25, 0.3) is 5.91 Å². The summed E-state index contributed by atoms with van der Waals surface area (Å²) in [4.78, 5) is 11.9. The quantitative estimate of drug-likeness (QED) is 0.879. The van der Waals surface area contributed by atoms with Gasteiger partial charge in [-0.2, -0.15) is 0 Å². The van der Waals surface area contributed by atoms with Crippen LogP contribution in [0.4, 0.5) is 0 Å². The molecule has 0 bridgehead atoms. The summed E-state index contributed by atoms with van der Waals surface area (Å²) in [5.41, 5.74) is 6.17. The molecule has 0 saturated heterocycles. The normalized spacial score (nSPS) is 22.7. The van der Waals surface area contributed by atoms with Crippen LogP contribution in [0.1, 0.15) is 16.8 Å². The van der Waals surface area contributed by atoms with E-state index in [9.17, 15) is 4.79 Å². The Bertz CT molecular complexity index is 422. The highest BCUT2D eigenvalue weighted by Gasteiger charge is 2.35. The van der Waals surface area contributed by atoms with Crippen molar-refractivity contribution < 1.29 is 9.53 Å². The van der Waals surface area contributed by atoms with Gasteiger partial charge in [0.05, 0.1) is 12.7 Å². The van der Waals surface area contributed by atoms with Crippen molar-refractivity contribution in [3.63, 3.8) is 0 Å². The Balaban J connectivity index is 2.15. The van der Waals surface area contributed by atoms with E-state index in [1.807, 2.05) is 6.07 Å². The van der Waals surface area contributed by atoms with Gasteiger partial charge in [-0.25, -0.2) is 0 Å². The number of benzene rings is 1. The first kappa shape index (κ1) is 11.4. The number of nitrogens with two attached hydrogens (primary N) is 1. The fourth-order valence-electron chi connectivity index (χ4n) is 1.48. The van der Waals surface area contributed by atoms with Crippen LogP contribution in [0.5, 0.6) is 5.75 Å². The molecule has 0 spiro atoms. The van der Waals surface area contributed by atoms with Gasteiger partial charge in [-0.1, -0.05) is 15.9 Å². The van der Waals surface area contributed by atoms with Crippen LogP contribution in [0.25, 0.3) is 0 Å². The highest BCUT2D eigenvalue weighted by molar-refractivity contribution is 9.10. The molecule has 1 aromatic rings. The van der Waals surface area contributed by atoms with Crippen molar-refractivity contribution in [3.05, 3.63) is 28.2 Å². The molecule has 2 unspecified atom stereocenters. The van der Waals surface area contributed by atoms with E-state index < -0.39 is 0 Å². The molecule has 2 atom stereocenters. The number of amides is 1. The van der Waals surface area contributed by atoms with Gasteiger partial charge in [0.15, 0.2) is 0 Å². The number of rotatable bonds is 3. The molecule has 1 saturated carbocycles. The molecule has 2 rings (SSSR count). The molecule has 86 valence electrons. The number of halogens is 1. The second-order valence-corrected chi connectivity index (χ2v) is 4.74. The number of ether oxygens (including phenoxy) is 1. The molecular formula is C11H13BrN2O2. The third-order valence-corrected chi connectivity index (χ3v) is 3.06. The molecule has 0 aromatic heterocycles. The zero-order valence-corrected chi connectivity index (χ0v) is 10.5. The lowest BCUT2D eigenvalue weighted by atomic mass is 10.2. The summed E-state index contributed by atoms with van der Waals surface area (Å²) in [6.45, 7) is 0. The number of nitrogens with one attached hydrogen (secondary N) is 1. The highest BCUT2D eigenvalue weighted by atomic mass is 79.9. The predicted octanol–water partition coefficient (Wildman–Crippen LogP) is 1.29. The summed E-state index contributed by atoms with van der Waals surface area (Å²) in [7, 11) is 1.54. The van der Waals surface area contributed by atoms with Crippen molar-refractivity contribution >= 4 is 21.8 Å². The molecule has 5 heteroatoms. The fourth-order valence-corrected chi connectivity index (χ4v) is 1.82. The van der Waals surface area contributed by atoms with Gasteiger partial charge in [0.1, 0.15) is 5.75 Å². The zero-order valence-electron chi connectivity index (χ0n) is 8.87. The van der Waals surface area contributed by atoms with Crippen LogP contribution in [-0.4, -0.2) is 25.1 Å². The summed E-state index contributed by atoms with van der Waals surface area (Å²) in [6, 6.07) is 5.52. The number of hydrogen-bond donors (Lipinski definition) is 2. The van der Waals surface area contributed by atoms with Gasteiger partial charge in [-0.15, -0.1) is 0 Å². The van der Waals surface area contributed by atoms with Gasteiger partial charge >= 0.3 is 0 Å². The Kier molecular flexibility index (Phi) is 3.16. The summed E-state index contributed by atoms with van der Waals surface area (Å²) in [5, 5.41) is 2.85. The standard InChI is InChI=1S/C11H13BrN2O2/c1-16-10-4-6(12)2-3-7(10)11(15)14-9-5-8(9)13/h2-4,8-9H,5,13H2,1H3,(H,14,15). The molecule has 1 aromatic carbocycles. The minimum absolute atomic E-state index is 0.102. The fraction of sp³-hybridized carbons (Fsp3) is 0.364. The Hall–Kier alpha value is -1.07. The molecule has 3 N–H and O–H groups in total. The second-order valence-electron chi connectivity index (χ2n) is 3.82.